The third-order valence-corrected chi connectivity index (χ3v) is 5.19. The minimum Gasteiger partial charge on any atom is -0.436 e. The molecular weight excluding hydrogens is 355 g/mol. The average Bonchev–Trinajstić information content (AvgIpc) is 3.17. The molecule has 1 aromatic heterocycles. The second kappa shape index (κ2) is 7.58. The van der Waals surface area contributed by atoms with Gasteiger partial charge < -0.3 is 9.32 Å². The minimum absolute atomic E-state index is 0.0142. The Kier molecular flexibility index (Phi) is 4.99. The van der Waals surface area contributed by atoms with E-state index in [0.717, 1.165) is 19.5 Å². The fraction of sp³-hybridized carbons (Fsp3) is 0.304. The van der Waals surface area contributed by atoms with Crippen molar-refractivity contribution in [2.75, 3.05) is 13.1 Å². The van der Waals surface area contributed by atoms with Crippen LogP contribution in [0.1, 0.15) is 30.6 Å². The summed E-state index contributed by atoms with van der Waals surface area (Å²) in [5.41, 5.74) is 1.54. The number of carbonyl (C=O) groups is 1. The summed E-state index contributed by atoms with van der Waals surface area (Å²) in [5, 5.41) is 0. The average molecular weight is 378 g/mol. The van der Waals surface area contributed by atoms with E-state index in [4.69, 9.17) is 4.42 Å². The molecule has 3 aromatic rings. The predicted molar refractivity (Wildman–Crippen MR) is 106 cm³/mol. The lowest BCUT2D eigenvalue weighted by molar-refractivity contribution is 0.0623. The summed E-state index contributed by atoms with van der Waals surface area (Å²) in [5.74, 6) is 1.24. The predicted octanol–water partition coefficient (Wildman–Crippen LogP) is 5.27. The number of likely N-dealkylation sites (tertiary alicyclic amines) is 1. The van der Waals surface area contributed by atoms with Gasteiger partial charge in [-0.05, 0) is 42.5 Å². The number of nitrogens with zero attached hydrogens (tertiary/aromatic N) is 2. The number of halogens is 1. The van der Waals surface area contributed by atoms with Gasteiger partial charge in [0.15, 0.2) is 5.76 Å². The van der Waals surface area contributed by atoms with Crippen LogP contribution in [0, 0.1) is 17.7 Å². The number of amides is 1. The molecule has 1 amide bonds. The van der Waals surface area contributed by atoms with Crippen molar-refractivity contribution >= 4 is 5.91 Å². The van der Waals surface area contributed by atoms with E-state index < -0.39 is 0 Å². The van der Waals surface area contributed by atoms with Gasteiger partial charge >= 0.3 is 0 Å². The number of hydrogen-bond acceptors (Lipinski definition) is 3. The van der Waals surface area contributed by atoms with Gasteiger partial charge in [0.2, 0.25) is 5.89 Å². The Morgan fingerprint density at radius 3 is 2.39 bits per heavy atom. The molecule has 0 radical (unpaired) electrons. The monoisotopic (exact) mass is 378 g/mol. The number of rotatable bonds is 3. The normalized spacial score (nSPS) is 19.6. The summed E-state index contributed by atoms with van der Waals surface area (Å²) in [7, 11) is 0. The van der Waals surface area contributed by atoms with Crippen LogP contribution in [0.4, 0.5) is 4.39 Å². The van der Waals surface area contributed by atoms with E-state index in [2.05, 4.69) is 18.8 Å². The maximum atomic E-state index is 14.1. The van der Waals surface area contributed by atoms with Gasteiger partial charge in [0, 0.05) is 18.7 Å². The lowest BCUT2D eigenvalue weighted by Crippen LogP contribution is -2.42. The highest BCUT2D eigenvalue weighted by Crippen LogP contribution is 2.31. The Labute approximate surface area is 164 Å². The van der Waals surface area contributed by atoms with Gasteiger partial charge in [0.1, 0.15) is 5.82 Å². The summed E-state index contributed by atoms with van der Waals surface area (Å²) in [6, 6.07) is 13.7. The quantitative estimate of drug-likeness (QED) is 0.624. The molecule has 5 heteroatoms. The van der Waals surface area contributed by atoms with Crippen LogP contribution in [-0.4, -0.2) is 28.9 Å². The Balaban J connectivity index is 1.67. The highest BCUT2D eigenvalue weighted by atomic mass is 19.1. The number of oxazole rings is 1. The van der Waals surface area contributed by atoms with Crippen LogP contribution in [0.25, 0.3) is 22.8 Å². The summed E-state index contributed by atoms with van der Waals surface area (Å²) in [6.45, 7) is 5.86. The maximum absolute atomic E-state index is 14.1. The summed E-state index contributed by atoms with van der Waals surface area (Å²) in [6.07, 6.45) is 2.64. The zero-order valence-electron chi connectivity index (χ0n) is 16.1. The first-order valence-electron chi connectivity index (χ1n) is 9.62. The lowest BCUT2D eigenvalue weighted by Gasteiger charge is -2.35. The third kappa shape index (κ3) is 3.57. The van der Waals surface area contributed by atoms with E-state index in [0.29, 0.717) is 40.2 Å². The Morgan fingerprint density at radius 2 is 1.68 bits per heavy atom. The minimum atomic E-state index is -0.370. The van der Waals surface area contributed by atoms with E-state index >= 15 is 0 Å². The van der Waals surface area contributed by atoms with Crippen molar-refractivity contribution in [3.63, 3.8) is 0 Å². The van der Waals surface area contributed by atoms with Gasteiger partial charge in [0.05, 0.1) is 17.3 Å². The topological polar surface area (TPSA) is 46.3 Å². The molecule has 1 aliphatic heterocycles. The van der Waals surface area contributed by atoms with Crippen molar-refractivity contribution in [1.82, 2.24) is 9.88 Å². The van der Waals surface area contributed by atoms with Crippen LogP contribution >= 0.6 is 0 Å². The molecule has 1 aliphatic rings. The van der Waals surface area contributed by atoms with Crippen LogP contribution in [0.2, 0.25) is 0 Å². The van der Waals surface area contributed by atoms with Gasteiger partial charge in [-0.25, -0.2) is 9.37 Å². The molecule has 0 bridgehead atoms. The Hall–Kier alpha value is -2.95. The number of hydrogen-bond donors (Lipinski definition) is 0. The molecule has 0 saturated carbocycles. The molecule has 1 fully saturated rings. The third-order valence-electron chi connectivity index (χ3n) is 5.19. The van der Waals surface area contributed by atoms with Gasteiger partial charge in [-0.2, -0.15) is 0 Å². The highest BCUT2D eigenvalue weighted by molar-refractivity contribution is 6.00. The van der Waals surface area contributed by atoms with Crippen LogP contribution < -0.4 is 0 Å². The fourth-order valence-corrected chi connectivity index (χ4v) is 4.04. The first-order valence-corrected chi connectivity index (χ1v) is 9.62. The molecule has 4 nitrogen and oxygen atoms in total. The lowest BCUT2D eigenvalue weighted by atomic mass is 9.91. The van der Waals surface area contributed by atoms with E-state index in [-0.39, 0.29) is 11.7 Å². The van der Waals surface area contributed by atoms with Crippen LogP contribution in [0.15, 0.2) is 59.1 Å². The zero-order valence-corrected chi connectivity index (χ0v) is 16.1. The van der Waals surface area contributed by atoms with Crippen molar-refractivity contribution in [2.24, 2.45) is 11.8 Å². The molecule has 0 N–H and O–H groups in total. The first kappa shape index (κ1) is 18.4. The fourth-order valence-electron chi connectivity index (χ4n) is 4.04. The molecule has 0 unspecified atom stereocenters. The molecule has 28 heavy (non-hydrogen) atoms. The van der Waals surface area contributed by atoms with E-state index in [1.165, 1.54) is 12.3 Å². The number of aromatic nitrogens is 1. The van der Waals surface area contributed by atoms with Crippen LogP contribution in [0.3, 0.4) is 0 Å². The molecule has 2 aromatic carbocycles. The van der Waals surface area contributed by atoms with E-state index in [1.54, 1.807) is 24.3 Å². The number of piperidine rings is 1. The number of carbonyl (C=O) groups excluding carboxylic acids is 1. The number of benzene rings is 2. The first-order chi connectivity index (χ1) is 13.5. The highest BCUT2D eigenvalue weighted by Gasteiger charge is 2.28. The maximum Gasteiger partial charge on any atom is 0.254 e. The van der Waals surface area contributed by atoms with Crippen molar-refractivity contribution in [1.29, 1.82) is 0 Å². The molecule has 0 spiro atoms. The molecule has 2 atom stereocenters. The Bertz CT molecular complexity index is 988. The zero-order chi connectivity index (χ0) is 19.7. The standard InChI is InChI=1S/C23H23FN2O2/c1-15-11-16(2)14-26(13-15)23(27)18-8-4-3-7-17(18)22-25-12-21(28-22)19-9-5-6-10-20(19)24/h3-10,12,15-16H,11,13-14H2,1-2H3/t15-,16+. The van der Waals surface area contributed by atoms with Crippen LogP contribution in [0.5, 0.6) is 0 Å². The smallest absolute Gasteiger partial charge is 0.254 e. The van der Waals surface area contributed by atoms with E-state index in [9.17, 15) is 9.18 Å². The largest absolute Gasteiger partial charge is 0.436 e. The molecule has 0 aliphatic carbocycles. The van der Waals surface area contributed by atoms with Crippen molar-refractivity contribution in [2.45, 2.75) is 20.3 Å². The van der Waals surface area contributed by atoms with Gasteiger partial charge in [-0.15, -0.1) is 0 Å². The molecule has 1 saturated heterocycles. The summed E-state index contributed by atoms with van der Waals surface area (Å²) in [4.78, 5) is 19.4. The van der Waals surface area contributed by atoms with Crippen LogP contribution in [-0.2, 0) is 0 Å². The van der Waals surface area contributed by atoms with Crippen molar-refractivity contribution < 1.29 is 13.6 Å². The van der Waals surface area contributed by atoms with Crippen molar-refractivity contribution in [3.8, 4) is 22.8 Å². The Morgan fingerprint density at radius 1 is 1.04 bits per heavy atom. The summed E-state index contributed by atoms with van der Waals surface area (Å²) < 4.78 is 19.9. The second-order valence-corrected chi connectivity index (χ2v) is 7.71. The summed E-state index contributed by atoms with van der Waals surface area (Å²) >= 11 is 0. The molecule has 144 valence electrons. The SMILES string of the molecule is C[C@@H]1C[C@H](C)CN(C(=O)c2ccccc2-c2ncc(-c3ccccc3F)o2)C1. The second-order valence-electron chi connectivity index (χ2n) is 7.71. The molecule has 4 rings (SSSR count). The van der Waals surface area contributed by atoms with Crippen molar-refractivity contribution in [3.05, 3.63) is 66.1 Å². The van der Waals surface area contributed by atoms with E-state index in [1.807, 2.05) is 23.1 Å². The van der Waals surface area contributed by atoms with Gasteiger partial charge in [-0.3, -0.25) is 4.79 Å². The van der Waals surface area contributed by atoms with Gasteiger partial charge in [-0.1, -0.05) is 38.1 Å². The molecular formula is C23H23FN2O2. The van der Waals surface area contributed by atoms with Gasteiger partial charge in [0.25, 0.3) is 5.91 Å². The molecule has 2 heterocycles.